The SMILES string of the molecule is CC(C)(C)c1cc(C2C(=O)C(=O)c3cc4ccccc4cc3C2=O)cc(C(C)(C)C)c1O. The Bertz CT molecular complexity index is 1260. The van der Waals surface area contributed by atoms with Crippen molar-refractivity contribution in [2.24, 2.45) is 0 Å². The molecule has 0 bridgehead atoms. The van der Waals surface area contributed by atoms with Gasteiger partial charge in [-0.2, -0.15) is 0 Å². The van der Waals surface area contributed by atoms with Gasteiger partial charge in [-0.15, -0.1) is 0 Å². The summed E-state index contributed by atoms with van der Waals surface area (Å²) in [6.45, 7) is 11.8. The average Bonchev–Trinajstić information content (AvgIpc) is 2.70. The van der Waals surface area contributed by atoms with Crippen LogP contribution in [0.15, 0.2) is 48.5 Å². The molecule has 0 fully saturated rings. The van der Waals surface area contributed by atoms with Gasteiger partial charge in [-0.25, -0.2) is 0 Å². The zero-order chi connectivity index (χ0) is 23.6. The van der Waals surface area contributed by atoms with Gasteiger partial charge >= 0.3 is 0 Å². The molecule has 0 spiro atoms. The quantitative estimate of drug-likeness (QED) is 0.388. The summed E-state index contributed by atoms with van der Waals surface area (Å²) >= 11 is 0. The van der Waals surface area contributed by atoms with Crippen LogP contribution in [-0.2, 0) is 15.6 Å². The van der Waals surface area contributed by atoms with Crippen LogP contribution in [0.3, 0.4) is 0 Å². The predicted molar refractivity (Wildman–Crippen MR) is 126 cm³/mol. The van der Waals surface area contributed by atoms with Crippen LogP contribution in [0.5, 0.6) is 5.75 Å². The summed E-state index contributed by atoms with van der Waals surface area (Å²) in [7, 11) is 0. The number of hydrogen-bond donors (Lipinski definition) is 1. The molecule has 4 rings (SSSR count). The van der Waals surface area contributed by atoms with Gasteiger partial charge in [0, 0.05) is 11.1 Å². The summed E-state index contributed by atoms with van der Waals surface area (Å²) in [5.74, 6) is -2.77. The number of aromatic hydroxyl groups is 1. The first-order valence-corrected chi connectivity index (χ1v) is 10.8. The standard InChI is InChI=1S/C28H28O4/c1-27(2,3)20-13-17(14-21(25(20)31)28(4,5)6)22-23(29)18-11-15-9-7-8-10-16(15)12-19(18)24(30)26(22)32/h7-14,22,31H,1-6H3. The number of rotatable bonds is 1. The highest BCUT2D eigenvalue weighted by molar-refractivity contribution is 6.53. The van der Waals surface area contributed by atoms with Crippen molar-refractivity contribution in [2.75, 3.05) is 0 Å². The van der Waals surface area contributed by atoms with Crippen molar-refractivity contribution in [3.63, 3.8) is 0 Å². The zero-order valence-electron chi connectivity index (χ0n) is 19.4. The van der Waals surface area contributed by atoms with E-state index in [2.05, 4.69) is 0 Å². The summed E-state index contributed by atoms with van der Waals surface area (Å²) in [4.78, 5) is 39.9. The second kappa shape index (κ2) is 7.13. The molecule has 4 nitrogen and oxygen atoms in total. The predicted octanol–water partition coefficient (Wildman–Crippen LogP) is 5.87. The van der Waals surface area contributed by atoms with Gasteiger partial charge in [-0.3, -0.25) is 14.4 Å². The number of carbonyl (C=O) groups is 3. The molecule has 0 aliphatic heterocycles. The molecule has 3 aromatic carbocycles. The smallest absolute Gasteiger partial charge is 0.230 e. The maximum absolute atomic E-state index is 13.6. The molecule has 0 saturated carbocycles. The molecule has 164 valence electrons. The molecular formula is C28H28O4. The molecule has 32 heavy (non-hydrogen) atoms. The third kappa shape index (κ3) is 3.44. The summed E-state index contributed by atoms with van der Waals surface area (Å²) in [5, 5.41) is 12.7. The van der Waals surface area contributed by atoms with Crippen LogP contribution in [0.1, 0.15) is 84.9 Å². The van der Waals surface area contributed by atoms with Crippen molar-refractivity contribution in [1.82, 2.24) is 0 Å². The largest absolute Gasteiger partial charge is 0.507 e. The molecule has 1 atom stereocenters. The van der Waals surface area contributed by atoms with Gasteiger partial charge in [0.1, 0.15) is 11.7 Å². The molecule has 0 heterocycles. The topological polar surface area (TPSA) is 71.4 Å². The van der Waals surface area contributed by atoms with E-state index in [-0.39, 0.29) is 22.7 Å². The van der Waals surface area contributed by atoms with Crippen LogP contribution in [0.4, 0.5) is 0 Å². The lowest BCUT2D eigenvalue weighted by atomic mass is 9.72. The maximum Gasteiger partial charge on any atom is 0.230 e. The third-order valence-electron chi connectivity index (χ3n) is 6.23. The van der Waals surface area contributed by atoms with Gasteiger partial charge in [0.2, 0.25) is 11.6 Å². The van der Waals surface area contributed by atoms with E-state index in [1.807, 2.05) is 65.8 Å². The normalized spacial score (nSPS) is 17.1. The molecule has 1 unspecified atom stereocenters. The van der Waals surface area contributed by atoms with Crippen molar-refractivity contribution in [3.8, 4) is 5.75 Å². The van der Waals surface area contributed by atoms with Crippen LogP contribution in [0.2, 0.25) is 0 Å². The number of hydrogen-bond acceptors (Lipinski definition) is 4. The Hall–Kier alpha value is -3.27. The Kier molecular flexibility index (Phi) is 4.89. The number of phenolic OH excluding ortho intramolecular Hbond substituents is 1. The summed E-state index contributed by atoms with van der Waals surface area (Å²) < 4.78 is 0. The molecule has 1 aliphatic carbocycles. The van der Waals surface area contributed by atoms with E-state index in [1.165, 1.54) is 0 Å². The van der Waals surface area contributed by atoms with E-state index in [9.17, 15) is 19.5 Å². The molecule has 4 heteroatoms. The van der Waals surface area contributed by atoms with Gasteiger partial charge in [-0.1, -0.05) is 77.9 Å². The molecule has 0 aromatic heterocycles. The summed E-state index contributed by atoms with van der Waals surface area (Å²) in [5.41, 5.74) is 1.37. The lowest BCUT2D eigenvalue weighted by Gasteiger charge is -2.30. The van der Waals surface area contributed by atoms with Crippen LogP contribution in [0.25, 0.3) is 10.8 Å². The van der Waals surface area contributed by atoms with E-state index in [0.717, 1.165) is 10.8 Å². The minimum atomic E-state index is -1.21. The molecule has 0 amide bonds. The number of carbonyl (C=O) groups excluding carboxylic acids is 3. The first kappa shape index (κ1) is 21.9. The van der Waals surface area contributed by atoms with Crippen molar-refractivity contribution < 1.29 is 19.5 Å². The van der Waals surface area contributed by atoms with Gasteiger partial charge in [0.25, 0.3) is 0 Å². The van der Waals surface area contributed by atoms with Crippen LogP contribution >= 0.6 is 0 Å². The minimum Gasteiger partial charge on any atom is -0.507 e. The number of fused-ring (bicyclic) bond motifs is 2. The Labute approximate surface area is 188 Å². The molecule has 3 aromatic rings. The van der Waals surface area contributed by atoms with Crippen molar-refractivity contribution in [2.45, 2.75) is 58.3 Å². The number of benzene rings is 3. The molecule has 0 radical (unpaired) electrons. The van der Waals surface area contributed by atoms with Crippen LogP contribution in [0, 0.1) is 0 Å². The Morgan fingerprint density at radius 3 is 1.62 bits per heavy atom. The van der Waals surface area contributed by atoms with Gasteiger partial charge in [0.05, 0.1) is 0 Å². The van der Waals surface area contributed by atoms with E-state index < -0.39 is 28.3 Å². The van der Waals surface area contributed by atoms with E-state index >= 15 is 0 Å². The highest BCUT2D eigenvalue weighted by Gasteiger charge is 2.42. The van der Waals surface area contributed by atoms with Gasteiger partial charge < -0.3 is 5.11 Å². The molecule has 0 saturated heterocycles. The molecule has 1 N–H and O–H groups in total. The fourth-order valence-electron chi connectivity index (χ4n) is 4.44. The van der Waals surface area contributed by atoms with Gasteiger partial charge in [-0.05, 0) is 50.4 Å². The first-order valence-electron chi connectivity index (χ1n) is 10.8. The maximum atomic E-state index is 13.6. The van der Waals surface area contributed by atoms with Gasteiger partial charge in [0.15, 0.2) is 5.78 Å². The molecular weight excluding hydrogens is 400 g/mol. The Balaban J connectivity index is 1.96. The third-order valence-corrected chi connectivity index (χ3v) is 6.23. The monoisotopic (exact) mass is 428 g/mol. The highest BCUT2D eigenvalue weighted by Crippen LogP contribution is 2.43. The number of Topliss-reactive ketones (excluding diaryl/α,β-unsaturated/α-hetero) is 3. The lowest BCUT2D eigenvalue weighted by Crippen LogP contribution is -2.35. The van der Waals surface area contributed by atoms with E-state index in [4.69, 9.17) is 0 Å². The van der Waals surface area contributed by atoms with E-state index in [0.29, 0.717) is 16.7 Å². The summed E-state index contributed by atoms with van der Waals surface area (Å²) in [6, 6.07) is 14.2. The number of ketones is 3. The van der Waals surface area contributed by atoms with Crippen molar-refractivity contribution in [3.05, 3.63) is 76.3 Å². The highest BCUT2D eigenvalue weighted by atomic mass is 16.3. The van der Waals surface area contributed by atoms with E-state index in [1.54, 1.807) is 24.3 Å². The number of phenols is 1. The fourth-order valence-corrected chi connectivity index (χ4v) is 4.44. The first-order chi connectivity index (χ1) is 14.8. The second-order valence-electron chi connectivity index (χ2n) is 10.7. The fraction of sp³-hybridized carbons (Fsp3) is 0.321. The lowest BCUT2D eigenvalue weighted by molar-refractivity contribution is -0.115. The zero-order valence-corrected chi connectivity index (χ0v) is 19.4. The Morgan fingerprint density at radius 1 is 0.688 bits per heavy atom. The average molecular weight is 429 g/mol. The van der Waals surface area contributed by atoms with Crippen molar-refractivity contribution in [1.29, 1.82) is 0 Å². The Morgan fingerprint density at radius 2 is 1.16 bits per heavy atom. The van der Waals surface area contributed by atoms with Crippen LogP contribution in [-0.4, -0.2) is 22.5 Å². The van der Waals surface area contributed by atoms with Crippen molar-refractivity contribution >= 4 is 28.1 Å². The molecule has 1 aliphatic rings. The summed E-state index contributed by atoms with van der Waals surface area (Å²) in [6.07, 6.45) is 0. The second-order valence-corrected chi connectivity index (χ2v) is 10.7. The minimum absolute atomic E-state index is 0.167. The van der Waals surface area contributed by atoms with Crippen LogP contribution < -0.4 is 0 Å².